The summed E-state index contributed by atoms with van der Waals surface area (Å²) >= 11 is 0. The van der Waals surface area contributed by atoms with Crippen molar-refractivity contribution in [3.8, 4) is 0 Å². The molecule has 0 spiro atoms. The monoisotopic (exact) mass is 445 g/mol. The Morgan fingerprint density at radius 3 is 2.18 bits per heavy atom. The summed E-state index contributed by atoms with van der Waals surface area (Å²) in [5, 5.41) is 17.2. The van der Waals surface area contributed by atoms with Crippen molar-refractivity contribution in [3.05, 3.63) is 101 Å². The average molecular weight is 446 g/mol. The van der Waals surface area contributed by atoms with Gasteiger partial charge in [-0.05, 0) is 47.7 Å². The summed E-state index contributed by atoms with van der Waals surface area (Å²) in [5.41, 5.74) is 3.97. The molecule has 0 bridgehead atoms. The van der Waals surface area contributed by atoms with E-state index in [-0.39, 0.29) is 18.4 Å². The topological polar surface area (TPSA) is 108 Å². The van der Waals surface area contributed by atoms with E-state index in [4.69, 9.17) is 5.11 Å². The fourth-order valence-electron chi connectivity index (χ4n) is 3.31. The highest BCUT2D eigenvalue weighted by Crippen LogP contribution is 2.12. The molecule has 3 rings (SSSR count). The lowest BCUT2D eigenvalue weighted by Gasteiger charge is -2.10. The molecule has 0 heterocycles. The number of anilines is 1. The van der Waals surface area contributed by atoms with E-state index in [9.17, 15) is 14.4 Å². The van der Waals surface area contributed by atoms with Crippen LogP contribution in [-0.4, -0.2) is 29.6 Å². The molecule has 170 valence electrons. The van der Waals surface area contributed by atoms with Crippen molar-refractivity contribution in [2.75, 3.05) is 11.9 Å². The molecule has 7 nitrogen and oxygen atoms in total. The minimum absolute atomic E-state index is 0.0921. The third-order valence-electron chi connectivity index (χ3n) is 5.00. The number of rotatable bonds is 10. The van der Waals surface area contributed by atoms with Gasteiger partial charge in [-0.1, -0.05) is 60.7 Å². The van der Waals surface area contributed by atoms with Gasteiger partial charge in [-0.15, -0.1) is 0 Å². The number of aliphatic carboxylic acids is 1. The quantitative estimate of drug-likeness (QED) is 0.378. The molecule has 0 unspecified atom stereocenters. The van der Waals surface area contributed by atoms with Crippen molar-refractivity contribution in [3.63, 3.8) is 0 Å². The summed E-state index contributed by atoms with van der Waals surface area (Å²) in [4.78, 5) is 35.4. The number of carbonyl (C=O) groups excluding carboxylic acids is 2. The first kappa shape index (κ1) is 23.5. The molecule has 3 amide bonds. The van der Waals surface area contributed by atoms with E-state index in [0.717, 1.165) is 16.7 Å². The molecule has 0 aliphatic rings. The Morgan fingerprint density at radius 1 is 0.727 bits per heavy atom. The van der Waals surface area contributed by atoms with E-state index in [0.29, 0.717) is 37.2 Å². The van der Waals surface area contributed by atoms with Crippen LogP contribution in [-0.2, 0) is 24.2 Å². The Bertz CT molecular complexity index is 1100. The molecular weight excluding hydrogens is 418 g/mol. The molecule has 7 heteroatoms. The van der Waals surface area contributed by atoms with Gasteiger partial charge in [0.25, 0.3) is 5.91 Å². The summed E-state index contributed by atoms with van der Waals surface area (Å²) < 4.78 is 0. The number of carboxylic acid groups (broad SMARTS) is 1. The molecule has 3 aromatic carbocycles. The molecule has 3 aromatic rings. The number of amides is 3. The minimum Gasteiger partial charge on any atom is -0.481 e. The van der Waals surface area contributed by atoms with Crippen LogP contribution in [0.2, 0.25) is 0 Å². The molecule has 33 heavy (non-hydrogen) atoms. The average Bonchev–Trinajstić information content (AvgIpc) is 2.82. The number of nitrogens with one attached hydrogen (secondary N) is 3. The third kappa shape index (κ3) is 8.14. The molecule has 0 atom stereocenters. The molecule has 0 aromatic heterocycles. The number of aryl methyl sites for hydroxylation is 1. The second-order valence-electron chi connectivity index (χ2n) is 7.59. The Labute approximate surface area is 192 Å². The molecule has 0 aliphatic carbocycles. The fourth-order valence-corrected chi connectivity index (χ4v) is 3.31. The predicted molar refractivity (Wildman–Crippen MR) is 127 cm³/mol. The van der Waals surface area contributed by atoms with Gasteiger partial charge in [-0.25, -0.2) is 4.79 Å². The number of hydrogen-bond acceptors (Lipinski definition) is 3. The zero-order valence-electron chi connectivity index (χ0n) is 18.2. The van der Waals surface area contributed by atoms with Crippen molar-refractivity contribution in [2.24, 2.45) is 0 Å². The van der Waals surface area contributed by atoms with Gasteiger partial charge in [-0.3, -0.25) is 9.59 Å². The van der Waals surface area contributed by atoms with E-state index in [1.165, 1.54) is 0 Å². The maximum Gasteiger partial charge on any atom is 0.319 e. The molecule has 4 N–H and O–H groups in total. The van der Waals surface area contributed by atoms with Crippen molar-refractivity contribution in [1.29, 1.82) is 0 Å². The number of hydrogen-bond donors (Lipinski definition) is 4. The van der Waals surface area contributed by atoms with Crippen molar-refractivity contribution in [2.45, 2.75) is 25.8 Å². The van der Waals surface area contributed by atoms with Crippen LogP contribution in [0.5, 0.6) is 0 Å². The summed E-state index contributed by atoms with van der Waals surface area (Å²) in [7, 11) is 0. The zero-order valence-corrected chi connectivity index (χ0v) is 18.2. The van der Waals surface area contributed by atoms with Crippen molar-refractivity contribution < 1.29 is 19.5 Å². The van der Waals surface area contributed by atoms with Crippen LogP contribution in [0.1, 0.15) is 33.5 Å². The molecule has 0 aliphatic heterocycles. The summed E-state index contributed by atoms with van der Waals surface area (Å²) in [6.45, 7) is 0.848. The molecular formula is C26H27N3O4. The molecule has 0 saturated carbocycles. The molecule has 0 saturated heterocycles. The maximum atomic E-state index is 12.5. The predicted octanol–water partition coefficient (Wildman–Crippen LogP) is 4.00. The van der Waals surface area contributed by atoms with Crippen LogP contribution in [0.25, 0.3) is 0 Å². The van der Waals surface area contributed by atoms with Crippen molar-refractivity contribution >= 4 is 23.6 Å². The van der Waals surface area contributed by atoms with E-state index < -0.39 is 5.97 Å². The first-order valence-corrected chi connectivity index (χ1v) is 10.8. The summed E-state index contributed by atoms with van der Waals surface area (Å²) in [6.07, 6.45) is 1.20. The number of benzene rings is 3. The zero-order chi connectivity index (χ0) is 23.5. The normalized spacial score (nSPS) is 10.3. The van der Waals surface area contributed by atoms with Crippen LogP contribution in [0.15, 0.2) is 78.9 Å². The summed E-state index contributed by atoms with van der Waals surface area (Å²) in [5.74, 6) is -1.05. The van der Waals surface area contributed by atoms with Crippen molar-refractivity contribution in [1.82, 2.24) is 10.6 Å². The van der Waals surface area contributed by atoms with E-state index in [1.807, 2.05) is 54.6 Å². The Kier molecular flexibility index (Phi) is 8.59. The van der Waals surface area contributed by atoms with Gasteiger partial charge in [0.05, 0.1) is 0 Å². The smallest absolute Gasteiger partial charge is 0.319 e. The Hall–Kier alpha value is -4.13. The highest BCUT2D eigenvalue weighted by atomic mass is 16.4. The van der Waals surface area contributed by atoms with Gasteiger partial charge < -0.3 is 21.1 Å². The van der Waals surface area contributed by atoms with Crippen LogP contribution in [0.4, 0.5) is 10.5 Å². The Morgan fingerprint density at radius 2 is 1.42 bits per heavy atom. The Balaban J connectivity index is 1.46. The lowest BCUT2D eigenvalue weighted by Crippen LogP contribution is -2.28. The first-order chi connectivity index (χ1) is 16.0. The highest BCUT2D eigenvalue weighted by molar-refractivity contribution is 5.96. The lowest BCUT2D eigenvalue weighted by atomic mass is 10.0. The van der Waals surface area contributed by atoms with Crippen LogP contribution < -0.4 is 16.0 Å². The SMILES string of the molecule is O=C(O)CCc1cccc(CCNC(=O)c2cccc(NC(=O)NCc3ccccc3)c2)c1. The number of carboxylic acids is 1. The van der Waals surface area contributed by atoms with Crippen LogP contribution in [0, 0.1) is 0 Å². The fraction of sp³-hybridized carbons (Fsp3) is 0.192. The summed E-state index contributed by atoms with van der Waals surface area (Å²) in [6, 6.07) is 23.7. The second-order valence-corrected chi connectivity index (χ2v) is 7.59. The maximum absolute atomic E-state index is 12.5. The standard InChI is InChI=1S/C26H27N3O4/c30-24(31)13-12-19-8-4-9-20(16-19)14-15-27-25(32)22-10-5-11-23(17-22)29-26(33)28-18-21-6-2-1-3-7-21/h1-11,16-17H,12-15,18H2,(H,27,32)(H,30,31)(H2,28,29,33). The minimum atomic E-state index is -0.821. The van der Waals surface area contributed by atoms with Gasteiger partial charge in [0.2, 0.25) is 0 Å². The van der Waals surface area contributed by atoms with Gasteiger partial charge in [-0.2, -0.15) is 0 Å². The highest BCUT2D eigenvalue weighted by Gasteiger charge is 2.08. The third-order valence-corrected chi connectivity index (χ3v) is 5.00. The number of urea groups is 1. The van der Waals surface area contributed by atoms with Crippen LogP contribution >= 0.6 is 0 Å². The van der Waals surface area contributed by atoms with E-state index >= 15 is 0 Å². The van der Waals surface area contributed by atoms with Gasteiger partial charge in [0, 0.05) is 30.8 Å². The van der Waals surface area contributed by atoms with E-state index in [1.54, 1.807) is 24.3 Å². The largest absolute Gasteiger partial charge is 0.481 e. The second kappa shape index (κ2) is 12.0. The van der Waals surface area contributed by atoms with Gasteiger partial charge in [0.1, 0.15) is 0 Å². The van der Waals surface area contributed by atoms with Gasteiger partial charge in [0.15, 0.2) is 0 Å². The van der Waals surface area contributed by atoms with Gasteiger partial charge >= 0.3 is 12.0 Å². The first-order valence-electron chi connectivity index (χ1n) is 10.8. The lowest BCUT2D eigenvalue weighted by molar-refractivity contribution is -0.136. The van der Waals surface area contributed by atoms with Crippen LogP contribution in [0.3, 0.4) is 0 Å². The number of carbonyl (C=O) groups is 3. The van der Waals surface area contributed by atoms with E-state index in [2.05, 4.69) is 16.0 Å². The molecule has 0 fully saturated rings. The molecule has 0 radical (unpaired) electrons.